The van der Waals surface area contributed by atoms with Crippen LogP contribution in [0.15, 0.2) is 30.3 Å². The van der Waals surface area contributed by atoms with Gasteiger partial charge in [0.15, 0.2) is 0 Å². The number of benzene rings is 1. The Kier molecular flexibility index (Phi) is 8.08. The number of nitrogens with one attached hydrogen (secondary N) is 1. The lowest BCUT2D eigenvalue weighted by molar-refractivity contribution is -0.125. The highest BCUT2D eigenvalue weighted by Gasteiger charge is 2.26. The zero-order valence-corrected chi connectivity index (χ0v) is 14.2. The minimum atomic E-state index is -0.794. The number of carbonyl (C=O) groups excluding carboxylic acids is 1. The normalized spacial score (nSPS) is 17.7. The lowest BCUT2D eigenvalue weighted by Crippen LogP contribution is -2.50. The van der Waals surface area contributed by atoms with Gasteiger partial charge >= 0.3 is 0 Å². The van der Waals surface area contributed by atoms with Crippen LogP contribution >= 0.6 is 24.8 Å². The third-order valence-electron chi connectivity index (χ3n) is 3.54. The summed E-state index contributed by atoms with van der Waals surface area (Å²) >= 11 is 0. The van der Waals surface area contributed by atoms with Crippen molar-refractivity contribution in [3.63, 3.8) is 0 Å². The summed E-state index contributed by atoms with van der Waals surface area (Å²) in [5, 5.41) is 2.95. The molecule has 1 fully saturated rings. The summed E-state index contributed by atoms with van der Waals surface area (Å²) in [6.07, 6.45) is 1.11. The van der Waals surface area contributed by atoms with Crippen LogP contribution in [0.4, 0.5) is 5.69 Å². The Morgan fingerprint density at radius 1 is 1.33 bits per heavy atom. The number of anilines is 1. The molecule has 1 saturated heterocycles. The quantitative estimate of drug-likeness (QED) is 0.888. The molecule has 1 aliphatic rings. The van der Waals surface area contributed by atoms with Gasteiger partial charge in [0.05, 0.1) is 5.54 Å². The monoisotopic (exact) mass is 333 g/mol. The zero-order chi connectivity index (χ0) is 13.9. The van der Waals surface area contributed by atoms with Crippen molar-refractivity contribution >= 4 is 36.4 Å². The SMILES string of the molecule is CC(C)(N)C(=O)NCC1CCN(c2ccccc2)C1.Cl.Cl. The van der Waals surface area contributed by atoms with Crippen LogP contribution in [0, 0.1) is 5.92 Å². The van der Waals surface area contributed by atoms with E-state index >= 15 is 0 Å². The Morgan fingerprint density at radius 2 is 1.95 bits per heavy atom. The van der Waals surface area contributed by atoms with Gasteiger partial charge in [-0.1, -0.05) is 18.2 Å². The zero-order valence-electron chi connectivity index (χ0n) is 12.5. The standard InChI is InChI=1S/C15H23N3O.2ClH/c1-15(2,16)14(19)17-10-12-8-9-18(11-12)13-6-4-3-5-7-13;;/h3-7,12H,8-11,16H2,1-2H3,(H,17,19);2*1H. The summed E-state index contributed by atoms with van der Waals surface area (Å²) < 4.78 is 0. The maximum atomic E-state index is 11.7. The summed E-state index contributed by atoms with van der Waals surface area (Å²) in [5.74, 6) is 0.428. The van der Waals surface area contributed by atoms with Crippen molar-refractivity contribution in [2.24, 2.45) is 11.7 Å². The van der Waals surface area contributed by atoms with Crippen molar-refractivity contribution < 1.29 is 4.79 Å². The van der Waals surface area contributed by atoms with E-state index in [1.54, 1.807) is 13.8 Å². The Bertz CT molecular complexity index is 434. The van der Waals surface area contributed by atoms with Crippen molar-refractivity contribution in [1.82, 2.24) is 5.32 Å². The summed E-state index contributed by atoms with van der Waals surface area (Å²) in [6, 6.07) is 10.4. The first kappa shape index (κ1) is 20.0. The van der Waals surface area contributed by atoms with Gasteiger partial charge in [-0.15, -0.1) is 24.8 Å². The minimum Gasteiger partial charge on any atom is -0.371 e. The fraction of sp³-hybridized carbons (Fsp3) is 0.533. The van der Waals surface area contributed by atoms with Crippen LogP contribution in [-0.4, -0.2) is 31.1 Å². The third kappa shape index (κ3) is 5.73. The Morgan fingerprint density at radius 3 is 2.52 bits per heavy atom. The highest BCUT2D eigenvalue weighted by atomic mass is 35.5. The molecule has 3 N–H and O–H groups in total. The Balaban J connectivity index is 0.00000200. The van der Waals surface area contributed by atoms with Crippen molar-refractivity contribution in [3.05, 3.63) is 30.3 Å². The lowest BCUT2D eigenvalue weighted by Gasteiger charge is -2.21. The minimum absolute atomic E-state index is 0. The number of amides is 1. The van der Waals surface area contributed by atoms with Gasteiger partial charge in [0, 0.05) is 25.3 Å². The van der Waals surface area contributed by atoms with E-state index < -0.39 is 5.54 Å². The third-order valence-corrected chi connectivity index (χ3v) is 3.54. The summed E-state index contributed by atoms with van der Waals surface area (Å²) in [4.78, 5) is 14.1. The number of nitrogens with zero attached hydrogens (tertiary/aromatic N) is 1. The maximum absolute atomic E-state index is 11.7. The molecule has 0 bridgehead atoms. The second-order valence-corrected chi connectivity index (χ2v) is 5.87. The molecule has 1 aromatic carbocycles. The molecule has 0 aliphatic carbocycles. The van der Waals surface area contributed by atoms with Gasteiger partial charge in [-0.25, -0.2) is 0 Å². The van der Waals surface area contributed by atoms with Crippen LogP contribution in [0.3, 0.4) is 0 Å². The highest BCUT2D eigenvalue weighted by molar-refractivity contribution is 5.86. The van der Waals surface area contributed by atoms with E-state index in [0.29, 0.717) is 12.5 Å². The van der Waals surface area contributed by atoms with Crippen molar-refractivity contribution in [1.29, 1.82) is 0 Å². The molecule has 1 heterocycles. The number of hydrogen-bond acceptors (Lipinski definition) is 3. The molecule has 2 rings (SSSR count). The predicted octanol–water partition coefficient (Wildman–Crippen LogP) is 2.21. The van der Waals surface area contributed by atoms with E-state index in [1.165, 1.54) is 5.69 Å². The molecule has 0 aromatic heterocycles. The molecule has 6 heteroatoms. The smallest absolute Gasteiger partial charge is 0.239 e. The first-order valence-corrected chi connectivity index (χ1v) is 6.84. The predicted molar refractivity (Wildman–Crippen MR) is 92.5 cm³/mol. The van der Waals surface area contributed by atoms with E-state index in [-0.39, 0.29) is 30.7 Å². The number of halogens is 2. The Labute approximate surface area is 139 Å². The van der Waals surface area contributed by atoms with Gasteiger partial charge in [-0.05, 0) is 38.3 Å². The molecule has 1 unspecified atom stereocenters. The van der Waals surface area contributed by atoms with E-state index in [2.05, 4.69) is 34.5 Å². The van der Waals surface area contributed by atoms with Crippen molar-refractivity contribution in [2.45, 2.75) is 25.8 Å². The van der Waals surface area contributed by atoms with E-state index in [0.717, 1.165) is 19.5 Å². The number of nitrogens with two attached hydrogens (primary N) is 1. The number of carbonyl (C=O) groups is 1. The van der Waals surface area contributed by atoms with Gasteiger partial charge in [-0.3, -0.25) is 4.79 Å². The number of para-hydroxylation sites is 1. The van der Waals surface area contributed by atoms with E-state index in [1.807, 2.05) is 6.07 Å². The molecule has 4 nitrogen and oxygen atoms in total. The van der Waals surface area contributed by atoms with Crippen LogP contribution in [0.1, 0.15) is 20.3 Å². The topological polar surface area (TPSA) is 58.4 Å². The van der Waals surface area contributed by atoms with Crippen molar-refractivity contribution in [2.75, 3.05) is 24.5 Å². The average Bonchev–Trinajstić information content (AvgIpc) is 2.84. The fourth-order valence-electron chi connectivity index (χ4n) is 2.34. The molecule has 1 amide bonds. The first-order chi connectivity index (χ1) is 8.97. The molecule has 120 valence electrons. The van der Waals surface area contributed by atoms with Crippen LogP contribution in [0.25, 0.3) is 0 Å². The van der Waals surface area contributed by atoms with E-state index in [4.69, 9.17) is 5.73 Å². The molecule has 0 saturated carbocycles. The van der Waals surface area contributed by atoms with Gasteiger partial charge in [0.1, 0.15) is 0 Å². The first-order valence-electron chi connectivity index (χ1n) is 6.84. The van der Waals surface area contributed by atoms with E-state index in [9.17, 15) is 4.79 Å². The summed E-state index contributed by atoms with van der Waals surface area (Å²) in [5.41, 5.74) is 6.23. The van der Waals surface area contributed by atoms with Gasteiger partial charge < -0.3 is 16.0 Å². The molecule has 1 aliphatic heterocycles. The van der Waals surface area contributed by atoms with Crippen LogP contribution in [0.2, 0.25) is 0 Å². The largest absolute Gasteiger partial charge is 0.371 e. The second kappa shape index (κ2) is 8.47. The number of rotatable bonds is 4. The van der Waals surface area contributed by atoms with Crippen LogP contribution < -0.4 is 16.0 Å². The second-order valence-electron chi connectivity index (χ2n) is 5.87. The number of hydrogen-bond donors (Lipinski definition) is 2. The molecule has 1 atom stereocenters. The van der Waals surface area contributed by atoms with Crippen LogP contribution in [0.5, 0.6) is 0 Å². The molecule has 21 heavy (non-hydrogen) atoms. The summed E-state index contributed by atoms with van der Waals surface area (Å²) in [7, 11) is 0. The average molecular weight is 334 g/mol. The molecular weight excluding hydrogens is 309 g/mol. The fourth-order valence-corrected chi connectivity index (χ4v) is 2.34. The maximum Gasteiger partial charge on any atom is 0.239 e. The van der Waals surface area contributed by atoms with Gasteiger partial charge in [0.2, 0.25) is 5.91 Å². The van der Waals surface area contributed by atoms with Gasteiger partial charge in [-0.2, -0.15) is 0 Å². The van der Waals surface area contributed by atoms with Gasteiger partial charge in [0.25, 0.3) is 0 Å². The molecule has 0 radical (unpaired) electrons. The molecule has 1 aromatic rings. The summed E-state index contributed by atoms with van der Waals surface area (Å²) in [6.45, 7) is 6.22. The molecule has 0 spiro atoms. The van der Waals surface area contributed by atoms with Crippen molar-refractivity contribution in [3.8, 4) is 0 Å². The molecular formula is C15H25Cl2N3O. The Hall–Kier alpha value is -0.970. The highest BCUT2D eigenvalue weighted by Crippen LogP contribution is 2.22. The lowest BCUT2D eigenvalue weighted by atomic mass is 10.1. The van der Waals surface area contributed by atoms with Crippen LogP contribution in [-0.2, 0) is 4.79 Å².